The topological polar surface area (TPSA) is 97.4 Å². The largest absolute Gasteiger partial charge is 0.394 e. The first-order valence-electron chi connectivity index (χ1n) is 8.39. The smallest absolute Gasteiger partial charge is 0.284 e. The number of nitrogens with zero attached hydrogens (tertiary/aromatic N) is 5. The summed E-state index contributed by atoms with van der Waals surface area (Å²) >= 11 is 1.74. The van der Waals surface area contributed by atoms with Crippen LogP contribution < -0.4 is 10.9 Å². The summed E-state index contributed by atoms with van der Waals surface area (Å²) in [4.78, 5) is 25.0. The lowest BCUT2D eigenvalue weighted by atomic mass is 10.3. The summed E-state index contributed by atoms with van der Waals surface area (Å²) in [5, 5.41) is 14.1. The molecule has 3 aromatic heterocycles. The van der Waals surface area contributed by atoms with Crippen LogP contribution in [0.1, 0.15) is 4.88 Å². The number of aromatic nitrogens is 4. The molecule has 138 valence electrons. The highest BCUT2D eigenvalue weighted by Crippen LogP contribution is 2.16. The van der Waals surface area contributed by atoms with Gasteiger partial charge in [0.05, 0.1) is 32.9 Å². The summed E-state index contributed by atoms with van der Waals surface area (Å²) in [6.45, 7) is 2.35. The Morgan fingerprint density at radius 3 is 3.15 bits per heavy atom. The van der Waals surface area contributed by atoms with Crippen molar-refractivity contribution in [1.29, 1.82) is 0 Å². The van der Waals surface area contributed by atoms with E-state index in [9.17, 15) is 4.79 Å². The molecule has 10 heteroatoms. The summed E-state index contributed by atoms with van der Waals surface area (Å²) in [6.07, 6.45) is 2.49. The van der Waals surface area contributed by atoms with Crippen molar-refractivity contribution in [3.05, 3.63) is 39.1 Å². The van der Waals surface area contributed by atoms with Gasteiger partial charge in [0.15, 0.2) is 11.2 Å². The minimum atomic E-state index is -0.167. The normalized spacial score (nSPS) is 14.5. The van der Waals surface area contributed by atoms with Gasteiger partial charge in [-0.1, -0.05) is 6.07 Å². The average molecular weight is 376 g/mol. The second-order valence-electron chi connectivity index (χ2n) is 6.02. The van der Waals surface area contributed by atoms with E-state index in [4.69, 9.17) is 9.84 Å². The van der Waals surface area contributed by atoms with E-state index in [1.54, 1.807) is 20.5 Å². The van der Waals surface area contributed by atoms with Gasteiger partial charge in [0.25, 0.3) is 5.56 Å². The molecule has 1 aliphatic rings. The van der Waals surface area contributed by atoms with Gasteiger partial charge in [-0.15, -0.1) is 11.3 Å². The molecule has 0 fully saturated rings. The fourth-order valence-corrected chi connectivity index (χ4v) is 3.62. The molecule has 0 radical (unpaired) electrons. The molecule has 0 unspecified atom stereocenters. The van der Waals surface area contributed by atoms with Crippen molar-refractivity contribution in [1.82, 2.24) is 24.0 Å². The molecular weight excluding hydrogens is 356 g/mol. The van der Waals surface area contributed by atoms with Crippen molar-refractivity contribution in [3.63, 3.8) is 0 Å². The number of fused-ring (bicyclic) bond motifs is 2. The van der Waals surface area contributed by atoms with E-state index in [0.29, 0.717) is 30.4 Å². The molecule has 1 aliphatic heterocycles. The molecule has 0 spiro atoms. The third-order valence-corrected chi connectivity index (χ3v) is 5.18. The van der Waals surface area contributed by atoms with Crippen LogP contribution in [0.5, 0.6) is 0 Å². The van der Waals surface area contributed by atoms with Crippen LogP contribution in [0.2, 0.25) is 0 Å². The Labute approximate surface area is 153 Å². The molecule has 0 amide bonds. The number of ether oxygens (including phenoxy) is 1. The number of imidazole rings is 1. The van der Waals surface area contributed by atoms with Crippen molar-refractivity contribution in [2.75, 3.05) is 31.7 Å². The Morgan fingerprint density at radius 1 is 1.42 bits per heavy atom. The molecule has 0 bridgehead atoms. The standard InChI is InChI=1S/C16H20N6O3S/c23-5-6-25-11-21-9-17-13-14(21)19-16-18-8-20(10-22(16)15(13)24)4-3-12-2-1-7-26-12/h1-2,7,9,23H,3-6,8,10-11H2,(H,18,19). The van der Waals surface area contributed by atoms with Crippen LogP contribution in [0.3, 0.4) is 0 Å². The predicted octanol–water partition coefficient (Wildman–Crippen LogP) is 0.506. The maximum absolute atomic E-state index is 12.8. The highest BCUT2D eigenvalue weighted by Gasteiger charge is 2.21. The lowest BCUT2D eigenvalue weighted by Crippen LogP contribution is -2.43. The minimum Gasteiger partial charge on any atom is -0.394 e. The number of nitrogens with one attached hydrogen (secondary N) is 1. The second-order valence-corrected chi connectivity index (χ2v) is 7.05. The molecular formula is C16H20N6O3S. The van der Waals surface area contributed by atoms with Crippen LogP contribution in [0, 0.1) is 0 Å². The molecule has 0 saturated carbocycles. The molecule has 0 aliphatic carbocycles. The molecule has 4 rings (SSSR count). The quantitative estimate of drug-likeness (QED) is 0.580. The van der Waals surface area contributed by atoms with Gasteiger partial charge < -0.3 is 15.2 Å². The number of hydrogen-bond acceptors (Lipinski definition) is 8. The molecule has 0 atom stereocenters. The van der Waals surface area contributed by atoms with E-state index in [1.165, 1.54) is 11.2 Å². The Balaban J connectivity index is 1.53. The summed E-state index contributed by atoms with van der Waals surface area (Å²) in [5.74, 6) is 0.541. The van der Waals surface area contributed by atoms with E-state index in [1.807, 2.05) is 0 Å². The van der Waals surface area contributed by atoms with E-state index >= 15 is 0 Å². The van der Waals surface area contributed by atoms with Crippen molar-refractivity contribution in [2.45, 2.75) is 19.8 Å². The zero-order valence-corrected chi connectivity index (χ0v) is 15.0. The Morgan fingerprint density at radius 2 is 2.35 bits per heavy atom. The third kappa shape index (κ3) is 3.36. The summed E-state index contributed by atoms with van der Waals surface area (Å²) in [5.41, 5.74) is 0.640. The molecule has 4 heterocycles. The van der Waals surface area contributed by atoms with Gasteiger partial charge in [-0.3, -0.25) is 18.8 Å². The number of hydrogen-bond donors (Lipinski definition) is 2. The van der Waals surface area contributed by atoms with Crippen LogP contribution in [-0.4, -0.2) is 55.5 Å². The van der Waals surface area contributed by atoms with Gasteiger partial charge in [-0.25, -0.2) is 4.98 Å². The Bertz CT molecular complexity index is 936. The van der Waals surface area contributed by atoms with Crippen molar-refractivity contribution < 1.29 is 9.84 Å². The maximum atomic E-state index is 12.8. The Hall–Kier alpha value is -2.27. The minimum absolute atomic E-state index is 0.0546. The van der Waals surface area contributed by atoms with E-state index in [0.717, 1.165) is 13.0 Å². The third-order valence-electron chi connectivity index (χ3n) is 4.25. The number of aliphatic hydroxyl groups is 1. The van der Waals surface area contributed by atoms with E-state index < -0.39 is 0 Å². The molecule has 9 nitrogen and oxygen atoms in total. The summed E-state index contributed by atoms with van der Waals surface area (Å²) < 4.78 is 8.58. The molecule has 0 saturated heterocycles. The van der Waals surface area contributed by atoms with Gasteiger partial charge in [0, 0.05) is 11.4 Å². The predicted molar refractivity (Wildman–Crippen MR) is 98.0 cm³/mol. The first kappa shape index (κ1) is 17.2. The fourth-order valence-electron chi connectivity index (χ4n) is 2.92. The van der Waals surface area contributed by atoms with Gasteiger partial charge >= 0.3 is 0 Å². The van der Waals surface area contributed by atoms with Crippen molar-refractivity contribution in [2.24, 2.45) is 0 Å². The van der Waals surface area contributed by atoms with Crippen molar-refractivity contribution >= 4 is 28.4 Å². The van der Waals surface area contributed by atoms with Crippen LogP contribution >= 0.6 is 11.3 Å². The number of anilines is 1. The van der Waals surface area contributed by atoms with Gasteiger partial charge in [-0.05, 0) is 17.9 Å². The van der Waals surface area contributed by atoms with Gasteiger partial charge in [-0.2, -0.15) is 4.98 Å². The fraction of sp³-hybridized carbons (Fsp3) is 0.438. The molecule has 2 N–H and O–H groups in total. The van der Waals surface area contributed by atoms with Gasteiger partial charge in [0.1, 0.15) is 6.73 Å². The first-order valence-corrected chi connectivity index (χ1v) is 9.27. The Kier molecular flexibility index (Phi) is 4.98. The highest BCUT2D eigenvalue weighted by atomic mass is 32.1. The maximum Gasteiger partial charge on any atom is 0.284 e. The van der Waals surface area contributed by atoms with E-state index in [-0.39, 0.29) is 25.5 Å². The molecule has 3 aromatic rings. The van der Waals surface area contributed by atoms with Crippen LogP contribution in [0.4, 0.5) is 5.95 Å². The summed E-state index contributed by atoms with van der Waals surface area (Å²) in [7, 11) is 0. The van der Waals surface area contributed by atoms with Crippen LogP contribution in [0.15, 0.2) is 28.6 Å². The van der Waals surface area contributed by atoms with Crippen molar-refractivity contribution in [3.8, 4) is 0 Å². The highest BCUT2D eigenvalue weighted by molar-refractivity contribution is 7.09. The molecule has 0 aromatic carbocycles. The number of thiophene rings is 1. The van der Waals surface area contributed by atoms with Gasteiger partial charge in [0.2, 0.25) is 5.95 Å². The zero-order chi connectivity index (χ0) is 17.9. The first-order chi connectivity index (χ1) is 12.8. The average Bonchev–Trinajstić information content (AvgIpc) is 3.31. The number of aliphatic hydroxyl groups excluding tert-OH is 1. The van der Waals surface area contributed by atoms with Crippen LogP contribution in [0.25, 0.3) is 11.2 Å². The summed E-state index contributed by atoms with van der Waals surface area (Å²) in [6, 6.07) is 4.17. The zero-order valence-electron chi connectivity index (χ0n) is 14.2. The van der Waals surface area contributed by atoms with Crippen LogP contribution in [-0.2, 0) is 24.6 Å². The lowest BCUT2D eigenvalue weighted by Gasteiger charge is -2.30. The van der Waals surface area contributed by atoms with E-state index in [2.05, 4.69) is 37.7 Å². The monoisotopic (exact) mass is 376 g/mol. The lowest BCUT2D eigenvalue weighted by molar-refractivity contribution is 0.0499. The SMILES string of the molecule is O=c1c2ncn(COCCO)c2nc2n1CN(CCc1cccs1)CN2. The molecule has 26 heavy (non-hydrogen) atoms. The second kappa shape index (κ2) is 7.54. The number of rotatable bonds is 7.